The van der Waals surface area contributed by atoms with Crippen LogP contribution in [0.15, 0.2) is 11.2 Å². The van der Waals surface area contributed by atoms with Crippen molar-refractivity contribution in [1.29, 1.82) is 0 Å². The van der Waals surface area contributed by atoms with Crippen LogP contribution >= 0.6 is 0 Å². The van der Waals surface area contributed by atoms with Crippen molar-refractivity contribution in [1.82, 2.24) is 19.2 Å². The number of carboxylic acids is 1. The summed E-state index contributed by atoms with van der Waals surface area (Å²) in [6.07, 6.45) is 2.17. The van der Waals surface area contributed by atoms with Gasteiger partial charge in [0.1, 0.15) is 11.9 Å². The van der Waals surface area contributed by atoms with Crippen molar-refractivity contribution in [2.45, 2.75) is 44.7 Å². The summed E-state index contributed by atoms with van der Waals surface area (Å²) in [6.45, 7) is 5.58. The molecule has 2 N–H and O–H groups in total. The average Bonchev–Trinajstić information content (AvgIpc) is 2.91. The van der Waals surface area contributed by atoms with E-state index in [-0.39, 0.29) is 29.9 Å². The number of hydrogen-bond donors (Lipinski definition) is 2. The summed E-state index contributed by atoms with van der Waals surface area (Å²) in [5, 5.41) is 11.7. The quantitative estimate of drug-likeness (QED) is 0.728. The minimum Gasteiger partial charge on any atom is -0.480 e. The van der Waals surface area contributed by atoms with Crippen molar-refractivity contribution in [2.75, 3.05) is 13.1 Å². The smallest absolute Gasteiger partial charge is 0.326 e. The number of rotatable bonds is 6. The lowest BCUT2D eigenvalue weighted by Crippen LogP contribution is -2.49. The van der Waals surface area contributed by atoms with E-state index in [1.54, 1.807) is 32.4 Å². The number of nitrogens with one attached hydrogen (secondary N) is 1. The standard InChI is InChI=1S/C16H26N4O5S/c1-10(2)14(16(22)23)18-15(21)12-5-7-20(8-6-12)26(24,25)13-9-19(4)11(3)17-13/h9-10,12,14H,5-8H2,1-4H3,(H,18,21)(H,22,23)/t14-/m0/s1. The summed E-state index contributed by atoms with van der Waals surface area (Å²) in [7, 11) is -1.96. The van der Waals surface area contributed by atoms with Gasteiger partial charge in [-0.3, -0.25) is 4.79 Å². The first-order chi connectivity index (χ1) is 12.0. The summed E-state index contributed by atoms with van der Waals surface area (Å²) in [4.78, 5) is 27.6. The molecule has 0 aliphatic carbocycles. The highest BCUT2D eigenvalue weighted by atomic mass is 32.2. The van der Waals surface area contributed by atoms with Crippen molar-refractivity contribution < 1.29 is 23.1 Å². The predicted octanol–water partition coefficient (Wildman–Crippen LogP) is 0.355. The number of aryl methyl sites for hydroxylation is 2. The molecule has 0 unspecified atom stereocenters. The highest BCUT2D eigenvalue weighted by Crippen LogP contribution is 2.24. The van der Waals surface area contributed by atoms with Gasteiger partial charge < -0.3 is 15.0 Å². The molecule has 1 saturated heterocycles. The summed E-state index contributed by atoms with van der Waals surface area (Å²) in [5.41, 5.74) is 0. The van der Waals surface area contributed by atoms with Gasteiger partial charge in [0, 0.05) is 32.3 Å². The molecule has 10 heteroatoms. The van der Waals surface area contributed by atoms with Crippen molar-refractivity contribution >= 4 is 21.9 Å². The first-order valence-corrected chi connectivity index (χ1v) is 10.0. The van der Waals surface area contributed by atoms with Gasteiger partial charge in [-0.25, -0.2) is 18.2 Å². The van der Waals surface area contributed by atoms with E-state index in [0.29, 0.717) is 18.7 Å². The summed E-state index contributed by atoms with van der Waals surface area (Å²) < 4.78 is 28.3. The zero-order valence-electron chi connectivity index (χ0n) is 15.5. The Morgan fingerprint density at radius 3 is 2.31 bits per heavy atom. The number of aliphatic carboxylic acids is 1. The van der Waals surface area contributed by atoms with Crippen molar-refractivity contribution in [2.24, 2.45) is 18.9 Å². The topological polar surface area (TPSA) is 122 Å². The average molecular weight is 386 g/mol. The van der Waals surface area contributed by atoms with Gasteiger partial charge in [-0.2, -0.15) is 4.31 Å². The molecule has 0 bridgehead atoms. The minimum atomic E-state index is -3.69. The maximum atomic E-state index is 12.7. The highest BCUT2D eigenvalue weighted by Gasteiger charge is 2.35. The molecule has 0 radical (unpaired) electrons. The Labute approximate surface area is 153 Å². The van der Waals surface area contributed by atoms with Crippen LogP contribution in [0.25, 0.3) is 0 Å². The van der Waals surface area contributed by atoms with E-state index in [4.69, 9.17) is 0 Å². The van der Waals surface area contributed by atoms with E-state index in [0.717, 1.165) is 0 Å². The number of imidazole rings is 1. The Bertz CT molecular complexity index is 759. The second kappa shape index (κ2) is 7.75. The molecule has 1 fully saturated rings. The van der Waals surface area contributed by atoms with Crippen LogP contribution in [-0.4, -0.2) is 58.4 Å². The lowest BCUT2D eigenvalue weighted by molar-refractivity contribution is -0.144. The molecule has 2 heterocycles. The van der Waals surface area contributed by atoms with E-state index in [9.17, 15) is 23.1 Å². The third kappa shape index (κ3) is 4.24. The largest absolute Gasteiger partial charge is 0.480 e. The Morgan fingerprint density at radius 1 is 1.31 bits per heavy atom. The van der Waals surface area contributed by atoms with Crippen LogP contribution in [0, 0.1) is 18.8 Å². The van der Waals surface area contributed by atoms with Gasteiger partial charge in [0.2, 0.25) is 5.91 Å². The number of carboxylic acid groups (broad SMARTS) is 1. The van der Waals surface area contributed by atoms with Crippen molar-refractivity contribution in [3.63, 3.8) is 0 Å². The van der Waals surface area contributed by atoms with E-state index in [2.05, 4.69) is 10.3 Å². The Morgan fingerprint density at radius 2 is 1.88 bits per heavy atom. The molecule has 2 rings (SSSR count). The van der Waals surface area contributed by atoms with E-state index >= 15 is 0 Å². The maximum Gasteiger partial charge on any atom is 0.326 e. The molecule has 0 aromatic carbocycles. The Balaban J connectivity index is 2.00. The SMILES string of the molecule is Cc1nc(S(=O)(=O)N2CCC(C(=O)N[C@H](C(=O)O)C(C)C)CC2)cn1C. The summed E-state index contributed by atoms with van der Waals surface area (Å²) >= 11 is 0. The number of piperidine rings is 1. The molecule has 1 aromatic heterocycles. The molecule has 1 atom stereocenters. The molecule has 1 aromatic rings. The van der Waals surface area contributed by atoms with Gasteiger partial charge in [0.25, 0.3) is 10.0 Å². The summed E-state index contributed by atoms with van der Waals surface area (Å²) in [6, 6.07) is -0.944. The molecular formula is C16H26N4O5S. The number of carbonyl (C=O) groups excluding carboxylic acids is 1. The number of amides is 1. The highest BCUT2D eigenvalue weighted by molar-refractivity contribution is 7.89. The van der Waals surface area contributed by atoms with Crippen molar-refractivity contribution in [3.05, 3.63) is 12.0 Å². The zero-order valence-corrected chi connectivity index (χ0v) is 16.3. The minimum absolute atomic E-state index is 0.00569. The van der Waals surface area contributed by atoms with Gasteiger partial charge in [-0.15, -0.1) is 0 Å². The van der Waals surface area contributed by atoms with E-state index in [1.807, 2.05) is 0 Å². The fourth-order valence-corrected chi connectivity index (χ4v) is 4.42. The molecule has 1 amide bonds. The third-order valence-corrected chi connectivity index (χ3v) is 6.52. The van der Waals surface area contributed by atoms with Crippen LogP contribution in [0.4, 0.5) is 0 Å². The zero-order chi connectivity index (χ0) is 19.6. The normalized spacial score (nSPS) is 18.0. The molecule has 0 saturated carbocycles. The lowest BCUT2D eigenvalue weighted by atomic mass is 9.95. The van der Waals surface area contributed by atoms with E-state index in [1.165, 1.54) is 10.5 Å². The van der Waals surface area contributed by atoms with Crippen LogP contribution in [0.1, 0.15) is 32.5 Å². The van der Waals surface area contributed by atoms with Crippen LogP contribution in [0.2, 0.25) is 0 Å². The maximum absolute atomic E-state index is 12.7. The van der Waals surface area contributed by atoms with Gasteiger partial charge in [0.05, 0.1) is 0 Å². The molecular weight excluding hydrogens is 360 g/mol. The van der Waals surface area contributed by atoms with Gasteiger partial charge in [-0.1, -0.05) is 13.8 Å². The van der Waals surface area contributed by atoms with E-state index < -0.39 is 28.0 Å². The molecule has 26 heavy (non-hydrogen) atoms. The lowest BCUT2D eigenvalue weighted by Gasteiger charge is -2.31. The molecule has 0 spiro atoms. The Kier molecular flexibility index (Phi) is 6.07. The Hall–Kier alpha value is -1.94. The predicted molar refractivity (Wildman–Crippen MR) is 93.8 cm³/mol. The van der Waals surface area contributed by atoms with Crippen LogP contribution in [0.5, 0.6) is 0 Å². The second-order valence-electron chi connectivity index (χ2n) is 6.98. The molecule has 1 aliphatic heterocycles. The fraction of sp³-hybridized carbons (Fsp3) is 0.688. The fourth-order valence-electron chi connectivity index (χ4n) is 2.93. The number of carbonyl (C=O) groups is 2. The van der Waals surface area contributed by atoms with Crippen LogP contribution in [-0.2, 0) is 26.7 Å². The van der Waals surface area contributed by atoms with Crippen molar-refractivity contribution in [3.8, 4) is 0 Å². The molecule has 146 valence electrons. The van der Waals surface area contributed by atoms with Gasteiger partial charge in [-0.05, 0) is 25.7 Å². The molecule has 1 aliphatic rings. The molecule has 9 nitrogen and oxygen atoms in total. The monoisotopic (exact) mass is 386 g/mol. The number of hydrogen-bond acceptors (Lipinski definition) is 5. The number of nitrogens with zero attached hydrogens (tertiary/aromatic N) is 3. The second-order valence-corrected chi connectivity index (χ2v) is 8.87. The third-order valence-electron chi connectivity index (χ3n) is 4.75. The number of aromatic nitrogens is 2. The first kappa shape index (κ1) is 20.4. The first-order valence-electron chi connectivity index (χ1n) is 8.57. The van der Waals surface area contributed by atoms with Gasteiger partial charge in [0.15, 0.2) is 5.03 Å². The number of sulfonamides is 1. The van der Waals surface area contributed by atoms with Crippen LogP contribution < -0.4 is 5.32 Å². The van der Waals surface area contributed by atoms with Crippen LogP contribution in [0.3, 0.4) is 0 Å². The summed E-state index contributed by atoms with van der Waals surface area (Å²) in [5.74, 6) is -1.43. The van der Waals surface area contributed by atoms with Gasteiger partial charge >= 0.3 is 5.97 Å².